The maximum Gasteiger partial charge on any atom is 0.414 e. The number of nitrogens with zero attached hydrogens (tertiary/aromatic N) is 1. The quantitative estimate of drug-likeness (QED) is 0.822. The SMILES string of the molecule is CCOC(=O)N(c1ccccc1)C(C)c1ccccc1. The van der Waals surface area contributed by atoms with Gasteiger partial charge in [-0.15, -0.1) is 0 Å². The van der Waals surface area contributed by atoms with Gasteiger partial charge in [0.2, 0.25) is 0 Å². The third-order valence-electron chi connectivity index (χ3n) is 3.17. The lowest BCUT2D eigenvalue weighted by Gasteiger charge is -2.28. The first-order chi connectivity index (χ1) is 9.74. The summed E-state index contributed by atoms with van der Waals surface area (Å²) in [5.74, 6) is 0. The maximum absolute atomic E-state index is 12.3. The van der Waals surface area contributed by atoms with Gasteiger partial charge < -0.3 is 4.74 Å². The van der Waals surface area contributed by atoms with E-state index in [0.29, 0.717) is 6.61 Å². The molecule has 3 nitrogen and oxygen atoms in total. The Bertz CT molecular complexity index is 539. The first kappa shape index (κ1) is 14.1. The minimum atomic E-state index is -0.324. The van der Waals surface area contributed by atoms with Gasteiger partial charge in [-0.2, -0.15) is 0 Å². The van der Waals surface area contributed by atoms with E-state index >= 15 is 0 Å². The Labute approximate surface area is 119 Å². The average molecular weight is 269 g/mol. The number of para-hydroxylation sites is 1. The van der Waals surface area contributed by atoms with Crippen LogP contribution in [0, 0.1) is 0 Å². The Hall–Kier alpha value is -2.29. The minimum Gasteiger partial charge on any atom is -0.449 e. The highest BCUT2D eigenvalue weighted by Gasteiger charge is 2.24. The Morgan fingerprint density at radius 3 is 2.15 bits per heavy atom. The first-order valence-corrected chi connectivity index (χ1v) is 6.80. The third kappa shape index (κ3) is 3.18. The van der Waals surface area contributed by atoms with Crippen LogP contribution in [0.3, 0.4) is 0 Å². The van der Waals surface area contributed by atoms with Crippen molar-refractivity contribution in [1.29, 1.82) is 0 Å². The van der Waals surface area contributed by atoms with Crippen molar-refractivity contribution < 1.29 is 9.53 Å². The smallest absolute Gasteiger partial charge is 0.414 e. The van der Waals surface area contributed by atoms with E-state index in [9.17, 15) is 4.79 Å². The summed E-state index contributed by atoms with van der Waals surface area (Å²) in [5.41, 5.74) is 1.91. The van der Waals surface area contributed by atoms with Crippen molar-refractivity contribution >= 4 is 11.8 Å². The van der Waals surface area contributed by atoms with Crippen LogP contribution >= 0.6 is 0 Å². The molecule has 2 aromatic rings. The van der Waals surface area contributed by atoms with E-state index in [1.165, 1.54) is 0 Å². The second kappa shape index (κ2) is 6.75. The number of rotatable bonds is 4. The predicted molar refractivity (Wildman–Crippen MR) is 80.8 cm³/mol. The van der Waals surface area contributed by atoms with Crippen molar-refractivity contribution in [3.8, 4) is 0 Å². The molecule has 0 heterocycles. The summed E-state index contributed by atoms with van der Waals surface area (Å²) in [5, 5.41) is 0. The fourth-order valence-corrected chi connectivity index (χ4v) is 2.15. The van der Waals surface area contributed by atoms with Gasteiger partial charge in [0.15, 0.2) is 0 Å². The molecular formula is C17H19NO2. The standard InChI is InChI=1S/C17H19NO2/c1-3-20-17(19)18(16-12-8-5-9-13-16)14(2)15-10-6-4-7-11-15/h4-14H,3H2,1-2H3. The van der Waals surface area contributed by atoms with Crippen LogP contribution in [0.1, 0.15) is 25.5 Å². The average Bonchev–Trinajstić information content (AvgIpc) is 2.50. The number of ether oxygens (including phenoxy) is 1. The molecule has 0 fully saturated rings. The lowest BCUT2D eigenvalue weighted by molar-refractivity contribution is 0.157. The zero-order chi connectivity index (χ0) is 14.4. The van der Waals surface area contributed by atoms with Crippen LogP contribution < -0.4 is 4.90 Å². The van der Waals surface area contributed by atoms with E-state index < -0.39 is 0 Å². The molecule has 2 rings (SSSR count). The number of hydrogen-bond acceptors (Lipinski definition) is 2. The van der Waals surface area contributed by atoms with Gasteiger partial charge >= 0.3 is 6.09 Å². The summed E-state index contributed by atoms with van der Waals surface area (Å²) in [7, 11) is 0. The zero-order valence-corrected chi connectivity index (χ0v) is 11.8. The van der Waals surface area contributed by atoms with Crippen molar-refractivity contribution in [2.24, 2.45) is 0 Å². The van der Waals surface area contributed by atoms with Crippen molar-refractivity contribution in [3.05, 3.63) is 66.2 Å². The van der Waals surface area contributed by atoms with E-state index in [0.717, 1.165) is 11.3 Å². The fourth-order valence-electron chi connectivity index (χ4n) is 2.15. The van der Waals surface area contributed by atoms with E-state index in [1.54, 1.807) is 4.90 Å². The lowest BCUT2D eigenvalue weighted by Crippen LogP contribution is -2.34. The Balaban J connectivity index is 2.34. The molecule has 0 aliphatic rings. The number of benzene rings is 2. The predicted octanol–water partition coefficient (Wildman–Crippen LogP) is 4.41. The monoisotopic (exact) mass is 269 g/mol. The zero-order valence-electron chi connectivity index (χ0n) is 11.8. The Morgan fingerprint density at radius 1 is 1.05 bits per heavy atom. The molecule has 0 spiro atoms. The summed E-state index contributed by atoms with van der Waals surface area (Å²) in [6.45, 7) is 4.18. The van der Waals surface area contributed by atoms with Gasteiger partial charge in [0.05, 0.1) is 12.6 Å². The molecular weight excluding hydrogens is 250 g/mol. The molecule has 0 saturated carbocycles. The van der Waals surface area contributed by atoms with E-state index in [2.05, 4.69) is 0 Å². The van der Waals surface area contributed by atoms with E-state index in [1.807, 2.05) is 74.5 Å². The van der Waals surface area contributed by atoms with Gasteiger partial charge in [0.1, 0.15) is 0 Å². The van der Waals surface area contributed by atoms with Gasteiger partial charge in [-0.25, -0.2) is 4.79 Å². The topological polar surface area (TPSA) is 29.5 Å². The Kier molecular flexibility index (Phi) is 4.77. The van der Waals surface area contributed by atoms with Crippen molar-refractivity contribution in [2.45, 2.75) is 19.9 Å². The largest absolute Gasteiger partial charge is 0.449 e. The van der Waals surface area contributed by atoms with Crippen LogP contribution in [-0.2, 0) is 4.74 Å². The summed E-state index contributed by atoms with van der Waals surface area (Å²) in [6, 6.07) is 19.4. The maximum atomic E-state index is 12.3. The van der Waals surface area contributed by atoms with Crippen LogP contribution in [0.25, 0.3) is 0 Å². The number of amides is 1. The number of carbonyl (C=O) groups is 1. The molecule has 0 radical (unpaired) electrons. The summed E-state index contributed by atoms with van der Waals surface area (Å²) in [4.78, 5) is 13.9. The van der Waals surface area contributed by atoms with Gasteiger partial charge in [-0.1, -0.05) is 48.5 Å². The molecule has 1 amide bonds. The molecule has 0 aromatic heterocycles. The summed E-state index contributed by atoms with van der Waals surface area (Å²) >= 11 is 0. The molecule has 104 valence electrons. The van der Waals surface area contributed by atoms with Crippen molar-refractivity contribution in [2.75, 3.05) is 11.5 Å². The van der Waals surface area contributed by atoms with Gasteiger partial charge in [-0.05, 0) is 31.5 Å². The van der Waals surface area contributed by atoms with Crippen LogP contribution in [0.5, 0.6) is 0 Å². The number of hydrogen-bond donors (Lipinski definition) is 0. The third-order valence-corrected chi connectivity index (χ3v) is 3.17. The molecule has 0 N–H and O–H groups in total. The van der Waals surface area contributed by atoms with E-state index in [4.69, 9.17) is 4.74 Å². The summed E-state index contributed by atoms with van der Waals surface area (Å²) < 4.78 is 5.19. The molecule has 3 heteroatoms. The van der Waals surface area contributed by atoms with Gasteiger partial charge in [-0.3, -0.25) is 4.90 Å². The Morgan fingerprint density at radius 2 is 1.60 bits per heavy atom. The fraction of sp³-hybridized carbons (Fsp3) is 0.235. The molecule has 1 atom stereocenters. The van der Waals surface area contributed by atoms with Gasteiger partial charge in [0, 0.05) is 5.69 Å². The van der Waals surface area contributed by atoms with Crippen LogP contribution in [0.2, 0.25) is 0 Å². The van der Waals surface area contributed by atoms with Crippen molar-refractivity contribution in [3.63, 3.8) is 0 Å². The molecule has 0 saturated heterocycles. The lowest BCUT2D eigenvalue weighted by atomic mass is 10.1. The van der Waals surface area contributed by atoms with Crippen LogP contribution in [-0.4, -0.2) is 12.7 Å². The highest BCUT2D eigenvalue weighted by atomic mass is 16.6. The first-order valence-electron chi connectivity index (χ1n) is 6.80. The normalized spacial score (nSPS) is 11.7. The number of anilines is 1. The van der Waals surface area contributed by atoms with Crippen LogP contribution in [0.4, 0.5) is 10.5 Å². The highest BCUT2D eigenvalue weighted by molar-refractivity contribution is 5.88. The minimum absolute atomic E-state index is 0.0855. The molecule has 2 aromatic carbocycles. The van der Waals surface area contributed by atoms with E-state index in [-0.39, 0.29) is 12.1 Å². The van der Waals surface area contributed by atoms with Crippen LogP contribution in [0.15, 0.2) is 60.7 Å². The second-order valence-electron chi connectivity index (χ2n) is 4.49. The second-order valence-corrected chi connectivity index (χ2v) is 4.49. The highest BCUT2D eigenvalue weighted by Crippen LogP contribution is 2.27. The molecule has 0 aliphatic carbocycles. The van der Waals surface area contributed by atoms with Gasteiger partial charge in [0.25, 0.3) is 0 Å². The molecule has 20 heavy (non-hydrogen) atoms. The molecule has 0 aliphatic heterocycles. The molecule has 1 unspecified atom stereocenters. The number of carbonyl (C=O) groups excluding carboxylic acids is 1. The van der Waals surface area contributed by atoms with Crippen molar-refractivity contribution in [1.82, 2.24) is 0 Å². The summed E-state index contributed by atoms with van der Waals surface area (Å²) in [6.07, 6.45) is -0.324. The molecule has 0 bridgehead atoms.